The number of anilines is 1. The molecule has 2 aromatic rings. The lowest BCUT2D eigenvalue weighted by Gasteiger charge is -2.55. The van der Waals surface area contributed by atoms with E-state index in [9.17, 15) is 19.2 Å². The van der Waals surface area contributed by atoms with Gasteiger partial charge in [-0.3, -0.25) is 34.3 Å². The summed E-state index contributed by atoms with van der Waals surface area (Å²) >= 11 is 0. The second kappa shape index (κ2) is 8.53. The van der Waals surface area contributed by atoms with Gasteiger partial charge in [0.1, 0.15) is 6.04 Å². The summed E-state index contributed by atoms with van der Waals surface area (Å²) in [6.07, 6.45) is 0.230. The number of hydrogen-bond donors (Lipinski definition) is 2. The number of carbonyl (C=O) groups is 4. The average molecular weight is 489 g/mol. The van der Waals surface area contributed by atoms with Crippen molar-refractivity contribution in [3.63, 3.8) is 0 Å². The van der Waals surface area contributed by atoms with Crippen LogP contribution in [0, 0.1) is 12.3 Å². The van der Waals surface area contributed by atoms with Crippen LogP contribution in [0.25, 0.3) is 0 Å². The van der Waals surface area contributed by atoms with Crippen LogP contribution in [0.15, 0.2) is 36.4 Å². The fourth-order valence-electron chi connectivity index (χ4n) is 5.73. The summed E-state index contributed by atoms with van der Waals surface area (Å²) in [5.41, 5.74) is 5.08. The Bertz CT molecular complexity index is 1290. The van der Waals surface area contributed by atoms with E-state index < -0.39 is 29.7 Å². The van der Waals surface area contributed by atoms with Gasteiger partial charge in [0.05, 0.1) is 24.3 Å². The van der Waals surface area contributed by atoms with Crippen molar-refractivity contribution in [2.75, 3.05) is 31.6 Å². The number of rotatable bonds is 6. The van der Waals surface area contributed by atoms with Crippen molar-refractivity contribution in [1.82, 2.24) is 15.1 Å². The molecular weight excluding hydrogens is 460 g/mol. The van der Waals surface area contributed by atoms with Crippen LogP contribution in [0.1, 0.15) is 50.2 Å². The molecule has 0 radical (unpaired) electrons. The SMILES string of the molecule is Cc1cc(CNc2cccc3c2C(=O)N(C2CCC(=O)NC2=O)C3=O)ccc1CN1CC2(COC2)C1. The predicted molar refractivity (Wildman–Crippen MR) is 130 cm³/mol. The number of ether oxygens (including phenoxy) is 1. The maximum Gasteiger partial charge on any atom is 0.264 e. The van der Waals surface area contributed by atoms with Crippen molar-refractivity contribution in [2.24, 2.45) is 5.41 Å². The molecule has 36 heavy (non-hydrogen) atoms. The van der Waals surface area contributed by atoms with Crippen molar-refractivity contribution >= 4 is 29.3 Å². The summed E-state index contributed by atoms with van der Waals surface area (Å²) in [6.45, 7) is 7.49. The first-order valence-corrected chi connectivity index (χ1v) is 12.3. The van der Waals surface area contributed by atoms with Gasteiger partial charge in [0.2, 0.25) is 11.8 Å². The molecular formula is C27H28N4O5. The van der Waals surface area contributed by atoms with Crippen molar-refractivity contribution in [3.8, 4) is 0 Å². The number of benzene rings is 2. The highest BCUT2D eigenvalue weighted by atomic mass is 16.5. The molecule has 2 N–H and O–H groups in total. The van der Waals surface area contributed by atoms with E-state index in [2.05, 4.69) is 40.7 Å². The highest BCUT2D eigenvalue weighted by molar-refractivity contribution is 6.25. The number of imide groups is 2. The topological polar surface area (TPSA) is 108 Å². The first kappa shape index (κ1) is 22.9. The van der Waals surface area contributed by atoms with Gasteiger partial charge in [0.15, 0.2) is 0 Å². The lowest BCUT2D eigenvalue weighted by molar-refractivity contribution is -0.191. The third kappa shape index (κ3) is 3.79. The first-order chi connectivity index (χ1) is 17.3. The van der Waals surface area contributed by atoms with E-state index >= 15 is 0 Å². The minimum atomic E-state index is -0.976. The number of aryl methyl sites for hydroxylation is 1. The van der Waals surface area contributed by atoms with Gasteiger partial charge in [0.25, 0.3) is 11.8 Å². The number of hydrogen-bond acceptors (Lipinski definition) is 7. The number of likely N-dealkylation sites (tertiary alicyclic amines) is 1. The summed E-state index contributed by atoms with van der Waals surface area (Å²) in [6, 6.07) is 10.5. The molecule has 6 rings (SSSR count). The number of fused-ring (bicyclic) bond motifs is 1. The molecule has 2 aromatic carbocycles. The molecule has 4 aliphatic heterocycles. The van der Waals surface area contributed by atoms with Crippen molar-refractivity contribution < 1.29 is 23.9 Å². The second-order valence-electron chi connectivity index (χ2n) is 10.4. The second-order valence-corrected chi connectivity index (χ2v) is 10.4. The van der Waals surface area contributed by atoms with Gasteiger partial charge in [-0.1, -0.05) is 24.3 Å². The number of carbonyl (C=O) groups excluding carboxylic acids is 4. The Balaban J connectivity index is 1.14. The van der Waals surface area contributed by atoms with Gasteiger partial charge >= 0.3 is 0 Å². The third-order valence-electron chi connectivity index (χ3n) is 7.69. The Kier molecular flexibility index (Phi) is 5.42. The summed E-state index contributed by atoms with van der Waals surface area (Å²) in [5.74, 6) is -2.02. The molecule has 9 heteroatoms. The number of nitrogens with one attached hydrogen (secondary N) is 2. The minimum Gasteiger partial charge on any atom is -0.380 e. The molecule has 1 spiro atoms. The lowest BCUT2D eigenvalue weighted by atomic mass is 9.78. The van der Waals surface area contributed by atoms with E-state index in [1.54, 1.807) is 18.2 Å². The van der Waals surface area contributed by atoms with Gasteiger partial charge in [-0.05, 0) is 42.2 Å². The van der Waals surface area contributed by atoms with Gasteiger partial charge in [-0.15, -0.1) is 0 Å². The minimum absolute atomic E-state index is 0.0946. The van der Waals surface area contributed by atoms with Gasteiger partial charge in [0, 0.05) is 43.7 Å². The molecule has 1 unspecified atom stereocenters. The zero-order chi connectivity index (χ0) is 25.0. The Hall–Kier alpha value is -3.56. The Morgan fingerprint density at radius 2 is 1.89 bits per heavy atom. The maximum atomic E-state index is 13.3. The molecule has 9 nitrogen and oxygen atoms in total. The van der Waals surface area contributed by atoms with Gasteiger partial charge in [-0.2, -0.15) is 0 Å². The van der Waals surface area contributed by atoms with E-state index in [-0.39, 0.29) is 24.0 Å². The van der Waals surface area contributed by atoms with Crippen LogP contribution in [0.3, 0.4) is 0 Å². The molecule has 4 amide bonds. The van der Waals surface area contributed by atoms with Crippen molar-refractivity contribution in [2.45, 2.75) is 38.9 Å². The van der Waals surface area contributed by atoms with E-state index in [4.69, 9.17) is 4.74 Å². The summed E-state index contributed by atoms with van der Waals surface area (Å²) in [4.78, 5) is 53.6. The van der Waals surface area contributed by atoms with Crippen molar-refractivity contribution in [3.05, 3.63) is 64.2 Å². The van der Waals surface area contributed by atoms with Crippen LogP contribution in [0.5, 0.6) is 0 Å². The first-order valence-electron chi connectivity index (χ1n) is 12.3. The van der Waals surface area contributed by atoms with E-state index in [0.29, 0.717) is 17.6 Å². The van der Waals surface area contributed by atoms with Gasteiger partial charge in [-0.25, -0.2) is 0 Å². The molecule has 3 fully saturated rings. The molecule has 186 valence electrons. The zero-order valence-electron chi connectivity index (χ0n) is 20.1. The average Bonchev–Trinajstić information content (AvgIpc) is 3.05. The van der Waals surface area contributed by atoms with E-state index in [0.717, 1.165) is 43.3 Å². The fraction of sp³-hybridized carbons (Fsp3) is 0.407. The Morgan fingerprint density at radius 3 is 2.58 bits per heavy atom. The third-order valence-corrected chi connectivity index (χ3v) is 7.69. The molecule has 0 bridgehead atoms. The van der Waals surface area contributed by atoms with E-state index in [1.807, 2.05) is 0 Å². The number of piperidine rings is 1. The van der Waals surface area contributed by atoms with Crippen LogP contribution >= 0.6 is 0 Å². The highest BCUT2D eigenvalue weighted by Gasteiger charge is 2.48. The molecule has 1 atom stereocenters. The monoisotopic (exact) mass is 488 g/mol. The van der Waals surface area contributed by atoms with Crippen LogP contribution < -0.4 is 10.6 Å². The van der Waals surface area contributed by atoms with Gasteiger partial charge < -0.3 is 10.1 Å². The maximum absolute atomic E-state index is 13.3. The lowest BCUT2D eigenvalue weighted by Crippen LogP contribution is -2.65. The summed E-state index contributed by atoms with van der Waals surface area (Å²) < 4.78 is 5.36. The largest absolute Gasteiger partial charge is 0.380 e. The van der Waals surface area contributed by atoms with Crippen LogP contribution in [-0.4, -0.2) is 65.8 Å². The quantitative estimate of drug-likeness (QED) is 0.598. The normalized spacial score (nSPS) is 22.8. The van der Waals surface area contributed by atoms with E-state index in [1.165, 1.54) is 11.1 Å². The molecule has 3 saturated heterocycles. The summed E-state index contributed by atoms with van der Waals surface area (Å²) in [7, 11) is 0. The molecule has 0 saturated carbocycles. The standard InChI is InChI=1S/C27H28N4O5/c1-16-9-17(5-6-18(16)11-30-12-27(13-30)14-36-15-27)10-28-20-4-2-3-19-23(20)26(35)31(25(19)34)21-7-8-22(32)29-24(21)33/h2-6,9,21,28H,7-8,10-15H2,1H3,(H,29,32,33). The van der Waals surface area contributed by atoms with Crippen molar-refractivity contribution in [1.29, 1.82) is 0 Å². The highest BCUT2D eigenvalue weighted by Crippen LogP contribution is 2.38. The number of nitrogens with zero attached hydrogens (tertiary/aromatic N) is 2. The summed E-state index contributed by atoms with van der Waals surface area (Å²) in [5, 5.41) is 5.54. The number of amides is 4. The van der Waals surface area contributed by atoms with Crippen LogP contribution in [0.2, 0.25) is 0 Å². The van der Waals surface area contributed by atoms with Crippen LogP contribution in [0.4, 0.5) is 5.69 Å². The zero-order valence-corrected chi connectivity index (χ0v) is 20.1. The smallest absolute Gasteiger partial charge is 0.264 e. The Morgan fingerprint density at radius 1 is 1.08 bits per heavy atom. The van der Waals surface area contributed by atoms with Crippen LogP contribution in [-0.2, 0) is 27.4 Å². The Labute approximate surface area is 208 Å². The fourth-order valence-corrected chi connectivity index (χ4v) is 5.73. The molecule has 4 aliphatic rings. The molecule has 4 heterocycles. The molecule has 0 aliphatic carbocycles. The predicted octanol–water partition coefficient (Wildman–Crippen LogP) is 1.84. The molecule has 0 aromatic heterocycles.